The van der Waals surface area contributed by atoms with Gasteiger partial charge in [0.05, 0.1) is 6.61 Å². The molecule has 0 radical (unpaired) electrons. The Morgan fingerprint density at radius 3 is 2.81 bits per heavy atom. The predicted octanol–water partition coefficient (Wildman–Crippen LogP) is 1.44. The van der Waals surface area contributed by atoms with Crippen molar-refractivity contribution in [2.24, 2.45) is 10.4 Å². The molecule has 0 fully saturated rings. The second-order valence-electron chi connectivity index (χ2n) is 4.16. The van der Waals surface area contributed by atoms with Gasteiger partial charge in [0.1, 0.15) is 5.84 Å². The van der Waals surface area contributed by atoms with Crippen LogP contribution in [0.3, 0.4) is 0 Å². The fourth-order valence-electron chi connectivity index (χ4n) is 1.39. The van der Waals surface area contributed by atoms with Gasteiger partial charge < -0.3 is 10.1 Å². The Morgan fingerprint density at radius 2 is 2.31 bits per heavy atom. The van der Waals surface area contributed by atoms with Crippen LogP contribution in [-0.2, 0) is 4.74 Å². The highest BCUT2D eigenvalue weighted by molar-refractivity contribution is 7.80. The number of nitrogens with zero attached hydrogens (tertiary/aromatic N) is 1. The molecular formula is C10H17N3O2S. The molecule has 0 atom stereocenters. The molecule has 0 aromatic carbocycles. The van der Waals surface area contributed by atoms with Crippen LogP contribution < -0.4 is 10.6 Å². The standard InChI is InChI=1S/C10H17N3O2S/c1-4-15-9(14)13-8(16)12-7-10(2,3)5-6-11-7/h4-6H2,1-3H3,(H2,11,12,13,14,16). The SMILES string of the molecule is CCOC(=O)NC(=S)NC1=NCCC1(C)C. The van der Waals surface area contributed by atoms with Crippen molar-refractivity contribution in [2.75, 3.05) is 13.2 Å². The number of amidine groups is 1. The smallest absolute Gasteiger partial charge is 0.413 e. The van der Waals surface area contributed by atoms with E-state index in [1.807, 2.05) is 0 Å². The second-order valence-corrected chi connectivity index (χ2v) is 4.57. The second kappa shape index (κ2) is 5.25. The third-order valence-electron chi connectivity index (χ3n) is 2.37. The molecule has 5 nitrogen and oxygen atoms in total. The molecule has 0 unspecified atom stereocenters. The molecule has 2 N–H and O–H groups in total. The Bertz CT molecular complexity index is 326. The fraction of sp³-hybridized carbons (Fsp3) is 0.700. The maximum absolute atomic E-state index is 11.1. The average Bonchev–Trinajstić information content (AvgIpc) is 2.46. The third kappa shape index (κ3) is 3.44. The summed E-state index contributed by atoms with van der Waals surface area (Å²) < 4.78 is 4.71. The number of amides is 1. The van der Waals surface area contributed by atoms with Gasteiger partial charge in [-0.2, -0.15) is 0 Å². The molecule has 90 valence electrons. The Labute approximate surface area is 101 Å². The molecule has 1 heterocycles. The van der Waals surface area contributed by atoms with Crippen LogP contribution in [-0.4, -0.2) is 30.2 Å². The first kappa shape index (κ1) is 12.9. The van der Waals surface area contributed by atoms with Crippen LogP contribution in [0.2, 0.25) is 0 Å². The summed E-state index contributed by atoms with van der Waals surface area (Å²) >= 11 is 4.98. The summed E-state index contributed by atoms with van der Waals surface area (Å²) in [6.45, 7) is 7.01. The van der Waals surface area contributed by atoms with Crippen molar-refractivity contribution in [3.05, 3.63) is 0 Å². The van der Waals surface area contributed by atoms with Gasteiger partial charge in [-0.25, -0.2) is 4.79 Å². The van der Waals surface area contributed by atoms with Crippen molar-refractivity contribution in [3.63, 3.8) is 0 Å². The van der Waals surface area contributed by atoms with E-state index in [2.05, 4.69) is 29.5 Å². The van der Waals surface area contributed by atoms with Crippen LogP contribution >= 0.6 is 12.2 Å². The van der Waals surface area contributed by atoms with Gasteiger partial charge in [-0.05, 0) is 25.6 Å². The molecule has 1 aliphatic heterocycles. The van der Waals surface area contributed by atoms with Crippen LogP contribution in [0, 0.1) is 5.41 Å². The molecular weight excluding hydrogens is 226 g/mol. The van der Waals surface area contributed by atoms with Crippen LogP contribution in [0.25, 0.3) is 0 Å². The van der Waals surface area contributed by atoms with Gasteiger partial charge in [-0.1, -0.05) is 13.8 Å². The van der Waals surface area contributed by atoms with Crippen LogP contribution in [0.5, 0.6) is 0 Å². The van der Waals surface area contributed by atoms with Crippen molar-refractivity contribution in [2.45, 2.75) is 27.2 Å². The minimum atomic E-state index is -0.545. The van der Waals surface area contributed by atoms with Gasteiger partial charge in [0.25, 0.3) is 0 Å². The number of ether oxygens (including phenoxy) is 1. The molecule has 16 heavy (non-hydrogen) atoms. The van der Waals surface area contributed by atoms with E-state index < -0.39 is 6.09 Å². The highest BCUT2D eigenvalue weighted by Crippen LogP contribution is 2.26. The van der Waals surface area contributed by atoms with Gasteiger partial charge in [0.2, 0.25) is 0 Å². The predicted molar refractivity (Wildman–Crippen MR) is 66.6 cm³/mol. The number of hydrogen-bond donors (Lipinski definition) is 2. The van der Waals surface area contributed by atoms with E-state index in [1.165, 1.54) is 0 Å². The minimum absolute atomic E-state index is 0.0135. The van der Waals surface area contributed by atoms with Gasteiger partial charge in [-0.3, -0.25) is 10.3 Å². The number of nitrogens with one attached hydrogen (secondary N) is 2. The lowest BCUT2D eigenvalue weighted by molar-refractivity contribution is 0.158. The van der Waals surface area contributed by atoms with Crippen LogP contribution in [0.4, 0.5) is 4.79 Å². The summed E-state index contributed by atoms with van der Waals surface area (Å²) in [6.07, 6.45) is 0.438. The van der Waals surface area contributed by atoms with E-state index >= 15 is 0 Å². The molecule has 6 heteroatoms. The molecule has 1 amide bonds. The molecule has 0 aliphatic carbocycles. The molecule has 0 aromatic rings. The van der Waals surface area contributed by atoms with Crippen molar-refractivity contribution in [1.29, 1.82) is 0 Å². The molecule has 1 aliphatic rings. The quantitative estimate of drug-likeness (QED) is 0.684. The Morgan fingerprint density at radius 1 is 1.62 bits per heavy atom. The lowest BCUT2D eigenvalue weighted by Gasteiger charge is -2.21. The summed E-state index contributed by atoms with van der Waals surface area (Å²) in [4.78, 5) is 15.4. The van der Waals surface area contributed by atoms with E-state index in [0.717, 1.165) is 18.8 Å². The van der Waals surface area contributed by atoms with E-state index in [-0.39, 0.29) is 10.5 Å². The maximum atomic E-state index is 11.1. The van der Waals surface area contributed by atoms with Crippen LogP contribution in [0.15, 0.2) is 4.99 Å². The van der Waals surface area contributed by atoms with E-state index in [4.69, 9.17) is 17.0 Å². The topological polar surface area (TPSA) is 62.7 Å². The summed E-state index contributed by atoms with van der Waals surface area (Å²) in [5.41, 5.74) is -0.0135. The van der Waals surface area contributed by atoms with Crippen molar-refractivity contribution in [1.82, 2.24) is 10.6 Å². The van der Waals surface area contributed by atoms with Gasteiger partial charge >= 0.3 is 6.09 Å². The number of carbonyl (C=O) groups is 1. The minimum Gasteiger partial charge on any atom is -0.450 e. The number of carbonyl (C=O) groups excluding carboxylic acids is 1. The zero-order valence-corrected chi connectivity index (χ0v) is 10.6. The van der Waals surface area contributed by atoms with Gasteiger partial charge in [0.15, 0.2) is 5.11 Å². The lowest BCUT2D eigenvalue weighted by Crippen LogP contribution is -2.46. The van der Waals surface area contributed by atoms with E-state index in [0.29, 0.717) is 6.61 Å². The fourth-order valence-corrected chi connectivity index (χ4v) is 1.57. The molecule has 0 spiro atoms. The molecule has 0 bridgehead atoms. The maximum Gasteiger partial charge on any atom is 0.413 e. The monoisotopic (exact) mass is 243 g/mol. The van der Waals surface area contributed by atoms with Gasteiger partial charge in [0, 0.05) is 12.0 Å². The first-order valence-corrected chi connectivity index (χ1v) is 5.66. The number of thiocarbonyl (C=S) groups is 1. The van der Waals surface area contributed by atoms with Gasteiger partial charge in [-0.15, -0.1) is 0 Å². The zero-order valence-electron chi connectivity index (χ0n) is 9.79. The third-order valence-corrected chi connectivity index (χ3v) is 2.57. The Hall–Kier alpha value is -1.17. The van der Waals surface area contributed by atoms with Crippen molar-refractivity contribution in [3.8, 4) is 0 Å². The summed E-state index contributed by atoms with van der Waals surface area (Å²) in [7, 11) is 0. The zero-order chi connectivity index (χ0) is 12.2. The van der Waals surface area contributed by atoms with Crippen molar-refractivity contribution >= 4 is 29.3 Å². The normalized spacial score (nSPS) is 17.6. The van der Waals surface area contributed by atoms with Crippen LogP contribution in [0.1, 0.15) is 27.2 Å². The summed E-state index contributed by atoms with van der Waals surface area (Å²) in [5.74, 6) is 0.814. The highest BCUT2D eigenvalue weighted by atomic mass is 32.1. The number of alkyl carbamates (subject to hydrolysis) is 1. The number of rotatable bonds is 1. The number of aliphatic imine (C=N–C) groups is 1. The van der Waals surface area contributed by atoms with E-state index in [9.17, 15) is 4.79 Å². The highest BCUT2D eigenvalue weighted by Gasteiger charge is 2.29. The molecule has 0 aromatic heterocycles. The summed E-state index contributed by atoms with van der Waals surface area (Å²) in [5, 5.41) is 5.58. The first-order chi connectivity index (χ1) is 7.45. The Kier molecular flexibility index (Phi) is 4.23. The van der Waals surface area contributed by atoms with E-state index in [1.54, 1.807) is 6.92 Å². The average molecular weight is 243 g/mol. The van der Waals surface area contributed by atoms with Crippen molar-refractivity contribution < 1.29 is 9.53 Å². The largest absolute Gasteiger partial charge is 0.450 e. The lowest BCUT2D eigenvalue weighted by atomic mass is 9.90. The molecule has 0 saturated heterocycles. The molecule has 1 rings (SSSR count). The first-order valence-electron chi connectivity index (χ1n) is 5.25. The Balaban J connectivity index is 2.43. The molecule has 0 saturated carbocycles. The summed E-state index contributed by atoms with van der Waals surface area (Å²) in [6, 6.07) is 0. The number of hydrogen-bond acceptors (Lipinski definition) is 4.